The molecule has 0 heterocycles. The highest BCUT2D eigenvalue weighted by Crippen LogP contribution is 2.09. The first kappa shape index (κ1) is 14.7. The van der Waals surface area contributed by atoms with Gasteiger partial charge in [-0.3, -0.25) is 4.79 Å². The molecule has 0 saturated carbocycles. The van der Waals surface area contributed by atoms with E-state index in [1.165, 1.54) is 7.11 Å². The quantitative estimate of drug-likeness (QED) is 0.593. The van der Waals surface area contributed by atoms with Crippen molar-refractivity contribution >= 4 is 5.97 Å². The molecular formula is C14H20O4. The molecule has 0 fully saturated rings. The average Bonchev–Trinajstić information content (AvgIpc) is 2.42. The Morgan fingerprint density at radius 3 is 2.61 bits per heavy atom. The lowest BCUT2D eigenvalue weighted by atomic mass is 10.0. The molecule has 0 spiro atoms. The van der Waals surface area contributed by atoms with Crippen LogP contribution in [-0.4, -0.2) is 30.9 Å². The summed E-state index contributed by atoms with van der Waals surface area (Å²) in [4.78, 5) is 11.2. The van der Waals surface area contributed by atoms with Crippen LogP contribution in [0.25, 0.3) is 0 Å². The van der Waals surface area contributed by atoms with Crippen LogP contribution < -0.4 is 0 Å². The maximum absolute atomic E-state index is 11.2. The molecule has 1 aromatic rings. The molecular weight excluding hydrogens is 232 g/mol. The molecule has 0 radical (unpaired) electrons. The number of hydrogen-bond acceptors (Lipinski definition) is 4. The van der Waals surface area contributed by atoms with E-state index in [1.807, 2.05) is 30.3 Å². The fourth-order valence-corrected chi connectivity index (χ4v) is 1.56. The van der Waals surface area contributed by atoms with E-state index in [0.717, 1.165) is 5.56 Å². The standard InChI is InChI=1S/C14H20O4/c1-11(14(16)17-2)13(15)8-9-18-10-12-6-4-3-5-7-12/h3-7,11,13,15H,8-10H2,1-2H3/t11-,13-/m0/s1. The topological polar surface area (TPSA) is 55.8 Å². The van der Waals surface area contributed by atoms with Crippen molar-refractivity contribution in [3.05, 3.63) is 35.9 Å². The molecule has 0 aliphatic carbocycles. The van der Waals surface area contributed by atoms with Gasteiger partial charge in [0.1, 0.15) is 0 Å². The summed E-state index contributed by atoms with van der Waals surface area (Å²) < 4.78 is 10.0. The van der Waals surface area contributed by atoms with E-state index in [2.05, 4.69) is 4.74 Å². The minimum atomic E-state index is -0.728. The van der Waals surface area contributed by atoms with Crippen LogP contribution in [0.2, 0.25) is 0 Å². The number of carbonyl (C=O) groups is 1. The van der Waals surface area contributed by atoms with Gasteiger partial charge in [-0.05, 0) is 18.9 Å². The highest BCUT2D eigenvalue weighted by atomic mass is 16.5. The van der Waals surface area contributed by atoms with Crippen molar-refractivity contribution in [2.24, 2.45) is 5.92 Å². The SMILES string of the molecule is COC(=O)[C@@H](C)[C@@H](O)CCOCc1ccccc1. The number of benzene rings is 1. The lowest BCUT2D eigenvalue weighted by molar-refractivity contribution is -0.149. The molecule has 0 unspecified atom stereocenters. The van der Waals surface area contributed by atoms with E-state index >= 15 is 0 Å². The van der Waals surface area contributed by atoms with E-state index in [1.54, 1.807) is 6.92 Å². The molecule has 1 rings (SSSR count). The molecule has 0 aromatic heterocycles. The first-order valence-electron chi connectivity index (χ1n) is 6.02. The number of rotatable bonds is 7. The number of aliphatic hydroxyl groups is 1. The van der Waals surface area contributed by atoms with Crippen molar-refractivity contribution in [3.63, 3.8) is 0 Å². The summed E-state index contributed by atoms with van der Waals surface area (Å²) in [6.45, 7) is 2.57. The van der Waals surface area contributed by atoms with E-state index < -0.39 is 18.0 Å². The normalized spacial score (nSPS) is 13.9. The van der Waals surface area contributed by atoms with Gasteiger partial charge in [0.25, 0.3) is 0 Å². The van der Waals surface area contributed by atoms with Gasteiger partial charge in [0, 0.05) is 6.61 Å². The van der Waals surface area contributed by atoms with Gasteiger partial charge in [0.05, 0.1) is 25.7 Å². The Bertz CT molecular complexity index is 350. The zero-order valence-corrected chi connectivity index (χ0v) is 10.8. The van der Waals surface area contributed by atoms with E-state index in [0.29, 0.717) is 19.6 Å². The van der Waals surface area contributed by atoms with Crippen LogP contribution in [0.1, 0.15) is 18.9 Å². The van der Waals surface area contributed by atoms with Gasteiger partial charge in [-0.15, -0.1) is 0 Å². The van der Waals surface area contributed by atoms with Crippen molar-refractivity contribution in [1.29, 1.82) is 0 Å². The number of aliphatic hydroxyl groups excluding tert-OH is 1. The molecule has 2 atom stereocenters. The molecule has 0 amide bonds. The van der Waals surface area contributed by atoms with Gasteiger partial charge in [-0.2, -0.15) is 0 Å². The first-order valence-corrected chi connectivity index (χ1v) is 6.02. The zero-order valence-electron chi connectivity index (χ0n) is 10.8. The second kappa shape index (κ2) is 7.84. The molecule has 0 aliphatic rings. The van der Waals surface area contributed by atoms with Gasteiger partial charge >= 0.3 is 5.97 Å². The predicted octanol–water partition coefficient (Wildman–Crippen LogP) is 1.76. The third-order valence-corrected chi connectivity index (χ3v) is 2.82. The van der Waals surface area contributed by atoms with Crippen molar-refractivity contribution in [2.45, 2.75) is 26.1 Å². The molecule has 1 N–H and O–H groups in total. The van der Waals surface area contributed by atoms with Crippen LogP contribution in [0, 0.1) is 5.92 Å². The summed E-state index contributed by atoms with van der Waals surface area (Å²) in [5.74, 6) is -0.916. The number of ether oxygens (including phenoxy) is 2. The summed E-state index contributed by atoms with van der Waals surface area (Å²) >= 11 is 0. The van der Waals surface area contributed by atoms with Crippen molar-refractivity contribution in [1.82, 2.24) is 0 Å². The van der Waals surface area contributed by atoms with Crippen molar-refractivity contribution in [2.75, 3.05) is 13.7 Å². The lowest BCUT2D eigenvalue weighted by Crippen LogP contribution is -2.27. The highest BCUT2D eigenvalue weighted by molar-refractivity contribution is 5.72. The smallest absolute Gasteiger partial charge is 0.311 e. The Hall–Kier alpha value is -1.39. The van der Waals surface area contributed by atoms with Crippen molar-refractivity contribution in [3.8, 4) is 0 Å². The average molecular weight is 252 g/mol. The first-order chi connectivity index (χ1) is 8.65. The molecule has 18 heavy (non-hydrogen) atoms. The van der Waals surface area contributed by atoms with Crippen LogP contribution >= 0.6 is 0 Å². The van der Waals surface area contributed by atoms with Crippen LogP contribution in [-0.2, 0) is 20.9 Å². The minimum Gasteiger partial charge on any atom is -0.469 e. The maximum atomic E-state index is 11.2. The van der Waals surface area contributed by atoms with E-state index in [-0.39, 0.29) is 0 Å². The fourth-order valence-electron chi connectivity index (χ4n) is 1.56. The summed E-state index contributed by atoms with van der Waals surface area (Å²) in [6.07, 6.45) is -0.309. The van der Waals surface area contributed by atoms with Crippen LogP contribution in [0.5, 0.6) is 0 Å². The van der Waals surface area contributed by atoms with Crippen LogP contribution in [0.15, 0.2) is 30.3 Å². The summed E-state index contributed by atoms with van der Waals surface area (Å²) in [5, 5.41) is 9.74. The molecule has 0 aliphatic heterocycles. The molecule has 0 saturated heterocycles. The zero-order chi connectivity index (χ0) is 13.4. The molecule has 0 bridgehead atoms. The maximum Gasteiger partial charge on any atom is 0.311 e. The monoisotopic (exact) mass is 252 g/mol. The van der Waals surface area contributed by atoms with E-state index in [4.69, 9.17) is 4.74 Å². The van der Waals surface area contributed by atoms with Gasteiger partial charge in [0.2, 0.25) is 0 Å². The largest absolute Gasteiger partial charge is 0.469 e. The third-order valence-electron chi connectivity index (χ3n) is 2.82. The second-order valence-corrected chi connectivity index (χ2v) is 4.21. The highest BCUT2D eigenvalue weighted by Gasteiger charge is 2.22. The van der Waals surface area contributed by atoms with Gasteiger partial charge in [0.15, 0.2) is 0 Å². The molecule has 100 valence electrons. The summed E-state index contributed by atoms with van der Waals surface area (Å²) in [6, 6.07) is 9.81. The fraction of sp³-hybridized carbons (Fsp3) is 0.500. The Balaban J connectivity index is 2.20. The Kier molecular flexibility index (Phi) is 6.39. The number of methoxy groups -OCH3 is 1. The number of esters is 1. The number of carbonyl (C=O) groups excluding carboxylic acids is 1. The summed E-state index contributed by atoms with van der Waals surface area (Å²) in [7, 11) is 1.32. The number of hydrogen-bond donors (Lipinski definition) is 1. The Morgan fingerprint density at radius 1 is 1.33 bits per heavy atom. The van der Waals surface area contributed by atoms with Crippen molar-refractivity contribution < 1.29 is 19.4 Å². The molecule has 4 heteroatoms. The summed E-state index contributed by atoms with van der Waals surface area (Å²) in [5.41, 5.74) is 1.09. The third kappa shape index (κ3) is 4.85. The molecule has 4 nitrogen and oxygen atoms in total. The van der Waals surface area contributed by atoms with Crippen LogP contribution in [0.3, 0.4) is 0 Å². The lowest BCUT2D eigenvalue weighted by Gasteiger charge is -2.16. The van der Waals surface area contributed by atoms with Gasteiger partial charge in [-0.25, -0.2) is 0 Å². The Labute approximate surface area is 108 Å². The molecule has 1 aromatic carbocycles. The minimum absolute atomic E-state index is 0.398. The van der Waals surface area contributed by atoms with Gasteiger partial charge in [-0.1, -0.05) is 30.3 Å². The Morgan fingerprint density at radius 2 is 2.00 bits per heavy atom. The predicted molar refractivity (Wildman–Crippen MR) is 67.9 cm³/mol. The van der Waals surface area contributed by atoms with Crippen LogP contribution in [0.4, 0.5) is 0 Å². The van der Waals surface area contributed by atoms with E-state index in [9.17, 15) is 9.90 Å². The second-order valence-electron chi connectivity index (χ2n) is 4.21. The van der Waals surface area contributed by atoms with Gasteiger partial charge < -0.3 is 14.6 Å².